The Balaban J connectivity index is 1.70. The Bertz CT molecular complexity index is 909. The van der Waals surface area contributed by atoms with Crippen LogP contribution in [0.25, 0.3) is 10.9 Å². The summed E-state index contributed by atoms with van der Waals surface area (Å²) in [6.07, 6.45) is 7.64. The van der Waals surface area contributed by atoms with Gasteiger partial charge in [0.1, 0.15) is 5.82 Å². The molecule has 1 aromatic carbocycles. The van der Waals surface area contributed by atoms with Crippen molar-refractivity contribution in [3.05, 3.63) is 17.2 Å². The predicted octanol–water partition coefficient (Wildman–Crippen LogP) is 3.56. The highest BCUT2D eigenvalue weighted by Crippen LogP contribution is 2.47. The standard InChI is InChI=1S/C23H31N3O4/c1-24-23-17-9-4-3-8-16(17)20-18(25-23)14-19(21(28-2)22(20)30-15-27)29-13-7-12-26-10-5-6-11-26/h14-15H,3-13H2,1-2H3,(H,24,25). The summed E-state index contributed by atoms with van der Waals surface area (Å²) in [5, 5.41) is 4.09. The SMILES string of the molecule is CNc1nc2cc(OCCCN3CCCC3)c(OC)c(OC=O)c2c2c1CCCC2. The van der Waals surface area contributed by atoms with Crippen LogP contribution in [-0.2, 0) is 17.6 Å². The van der Waals surface area contributed by atoms with Crippen LogP contribution in [0, 0.1) is 0 Å². The van der Waals surface area contributed by atoms with Crippen LogP contribution in [0.1, 0.15) is 43.2 Å². The molecule has 0 radical (unpaired) electrons. The average molecular weight is 414 g/mol. The Hall–Kier alpha value is -2.54. The van der Waals surface area contributed by atoms with E-state index in [1.807, 2.05) is 13.1 Å². The number of anilines is 1. The molecular weight excluding hydrogens is 382 g/mol. The van der Waals surface area contributed by atoms with Crippen molar-refractivity contribution in [2.45, 2.75) is 44.9 Å². The van der Waals surface area contributed by atoms with E-state index in [1.165, 1.54) is 37.1 Å². The fraction of sp³-hybridized carbons (Fsp3) is 0.565. The molecule has 0 unspecified atom stereocenters. The van der Waals surface area contributed by atoms with Crippen molar-refractivity contribution in [1.82, 2.24) is 9.88 Å². The Morgan fingerprint density at radius 1 is 1.13 bits per heavy atom. The van der Waals surface area contributed by atoms with Gasteiger partial charge in [-0.3, -0.25) is 4.79 Å². The minimum absolute atomic E-state index is 0.410. The van der Waals surface area contributed by atoms with Gasteiger partial charge in [-0.05, 0) is 69.2 Å². The lowest BCUT2D eigenvalue weighted by Gasteiger charge is -2.23. The number of carbonyl (C=O) groups is 1. The highest BCUT2D eigenvalue weighted by molar-refractivity contribution is 5.96. The number of ether oxygens (including phenoxy) is 3. The van der Waals surface area contributed by atoms with Crippen molar-refractivity contribution in [3.8, 4) is 17.2 Å². The molecule has 1 aromatic heterocycles. The second-order valence-corrected chi connectivity index (χ2v) is 7.97. The smallest absolute Gasteiger partial charge is 0.298 e. The second kappa shape index (κ2) is 9.51. The summed E-state index contributed by atoms with van der Waals surface area (Å²) >= 11 is 0. The van der Waals surface area contributed by atoms with E-state index in [0.717, 1.165) is 55.4 Å². The molecule has 2 aliphatic rings. The quantitative estimate of drug-likeness (QED) is 0.498. The van der Waals surface area contributed by atoms with E-state index in [0.29, 0.717) is 30.3 Å². The minimum Gasteiger partial charge on any atom is -0.490 e. The normalized spacial score (nSPS) is 16.3. The molecule has 2 aromatic rings. The number of rotatable bonds is 9. The summed E-state index contributed by atoms with van der Waals surface area (Å²) in [6, 6.07) is 1.91. The van der Waals surface area contributed by atoms with E-state index >= 15 is 0 Å². The third kappa shape index (κ3) is 4.03. The van der Waals surface area contributed by atoms with Gasteiger partial charge in [0.25, 0.3) is 6.47 Å². The Morgan fingerprint density at radius 3 is 2.60 bits per heavy atom. The number of nitrogens with one attached hydrogen (secondary N) is 1. The highest BCUT2D eigenvalue weighted by atomic mass is 16.6. The van der Waals surface area contributed by atoms with Gasteiger partial charge in [-0.2, -0.15) is 0 Å². The largest absolute Gasteiger partial charge is 0.490 e. The van der Waals surface area contributed by atoms with E-state index in [2.05, 4.69) is 10.2 Å². The summed E-state index contributed by atoms with van der Waals surface area (Å²) in [4.78, 5) is 18.6. The Morgan fingerprint density at radius 2 is 1.90 bits per heavy atom. The number of nitrogens with zero attached hydrogens (tertiary/aromatic N) is 2. The molecule has 7 heteroatoms. The lowest BCUT2D eigenvalue weighted by atomic mass is 9.88. The summed E-state index contributed by atoms with van der Waals surface area (Å²) < 4.78 is 17.2. The van der Waals surface area contributed by atoms with Gasteiger partial charge in [0, 0.05) is 19.7 Å². The maximum Gasteiger partial charge on any atom is 0.298 e. The number of pyridine rings is 1. The van der Waals surface area contributed by atoms with Gasteiger partial charge in [-0.25, -0.2) is 4.98 Å². The lowest BCUT2D eigenvalue weighted by Crippen LogP contribution is -2.22. The molecule has 1 saturated heterocycles. The summed E-state index contributed by atoms with van der Waals surface area (Å²) in [5.41, 5.74) is 3.15. The number of fused-ring (bicyclic) bond motifs is 3. The first-order valence-electron chi connectivity index (χ1n) is 11.0. The van der Waals surface area contributed by atoms with Crippen molar-refractivity contribution in [3.63, 3.8) is 0 Å². The fourth-order valence-corrected chi connectivity index (χ4v) is 4.76. The molecule has 0 amide bonds. The van der Waals surface area contributed by atoms with Gasteiger partial charge in [-0.15, -0.1) is 0 Å². The number of methoxy groups -OCH3 is 1. The van der Waals surface area contributed by atoms with Crippen LogP contribution in [0.4, 0.5) is 5.82 Å². The number of hydrogen-bond donors (Lipinski definition) is 1. The van der Waals surface area contributed by atoms with Crippen molar-refractivity contribution in [2.24, 2.45) is 0 Å². The average Bonchev–Trinajstić information content (AvgIpc) is 3.29. The predicted molar refractivity (Wildman–Crippen MR) is 117 cm³/mol. The van der Waals surface area contributed by atoms with Crippen molar-refractivity contribution in [2.75, 3.05) is 45.7 Å². The summed E-state index contributed by atoms with van der Waals surface area (Å²) in [7, 11) is 3.48. The lowest BCUT2D eigenvalue weighted by molar-refractivity contribution is -0.120. The molecule has 1 aliphatic carbocycles. The molecule has 162 valence electrons. The third-order valence-corrected chi connectivity index (χ3v) is 6.15. The number of benzene rings is 1. The van der Waals surface area contributed by atoms with Gasteiger partial charge < -0.3 is 24.4 Å². The summed E-state index contributed by atoms with van der Waals surface area (Å²) in [6.45, 7) is 4.42. The van der Waals surface area contributed by atoms with Gasteiger partial charge >= 0.3 is 0 Å². The number of carbonyl (C=O) groups excluding carboxylic acids is 1. The van der Waals surface area contributed by atoms with E-state index in [1.54, 1.807) is 7.11 Å². The molecule has 1 aliphatic heterocycles. The Kier molecular flexibility index (Phi) is 6.57. The van der Waals surface area contributed by atoms with Crippen LogP contribution >= 0.6 is 0 Å². The molecule has 7 nitrogen and oxygen atoms in total. The number of aromatic nitrogens is 1. The van der Waals surface area contributed by atoms with E-state index in [9.17, 15) is 4.79 Å². The zero-order chi connectivity index (χ0) is 20.9. The van der Waals surface area contributed by atoms with Crippen molar-refractivity contribution in [1.29, 1.82) is 0 Å². The van der Waals surface area contributed by atoms with E-state index in [4.69, 9.17) is 19.2 Å². The van der Waals surface area contributed by atoms with Gasteiger partial charge in [0.05, 0.1) is 24.6 Å². The molecule has 1 fully saturated rings. The van der Waals surface area contributed by atoms with Gasteiger partial charge in [-0.1, -0.05) is 0 Å². The maximum atomic E-state index is 11.3. The first kappa shape index (κ1) is 20.7. The zero-order valence-corrected chi connectivity index (χ0v) is 18.0. The molecular formula is C23H31N3O4. The number of aryl methyl sites for hydroxylation is 1. The fourth-order valence-electron chi connectivity index (χ4n) is 4.76. The monoisotopic (exact) mass is 413 g/mol. The minimum atomic E-state index is 0.410. The van der Waals surface area contributed by atoms with Gasteiger partial charge in [0.2, 0.25) is 5.75 Å². The molecule has 1 N–H and O–H groups in total. The summed E-state index contributed by atoms with van der Waals surface area (Å²) in [5.74, 6) is 2.32. The molecule has 2 heterocycles. The second-order valence-electron chi connectivity index (χ2n) is 7.97. The number of likely N-dealkylation sites (tertiary alicyclic amines) is 1. The first-order valence-corrected chi connectivity index (χ1v) is 11.0. The van der Waals surface area contributed by atoms with Gasteiger partial charge in [0.15, 0.2) is 11.5 Å². The first-order chi connectivity index (χ1) is 14.8. The zero-order valence-electron chi connectivity index (χ0n) is 18.0. The van der Waals surface area contributed by atoms with Crippen LogP contribution in [0.2, 0.25) is 0 Å². The molecule has 30 heavy (non-hydrogen) atoms. The van der Waals surface area contributed by atoms with Crippen LogP contribution < -0.4 is 19.5 Å². The van der Waals surface area contributed by atoms with Crippen molar-refractivity contribution >= 4 is 23.2 Å². The Labute approximate surface area is 177 Å². The molecule has 0 bridgehead atoms. The highest BCUT2D eigenvalue weighted by Gasteiger charge is 2.25. The van der Waals surface area contributed by atoms with E-state index < -0.39 is 0 Å². The molecule has 0 atom stereocenters. The molecule has 0 saturated carbocycles. The third-order valence-electron chi connectivity index (χ3n) is 6.15. The topological polar surface area (TPSA) is 72.9 Å². The van der Waals surface area contributed by atoms with Crippen LogP contribution in [0.15, 0.2) is 6.07 Å². The molecule has 0 spiro atoms. The van der Waals surface area contributed by atoms with Crippen LogP contribution in [0.3, 0.4) is 0 Å². The maximum absolute atomic E-state index is 11.3. The van der Waals surface area contributed by atoms with E-state index in [-0.39, 0.29) is 0 Å². The van der Waals surface area contributed by atoms with Crippen molar-refractivity contribution < 1.29 is 19.0 Å². The number of hydrogen-bond acceptors (Lipinski definition) is 7. The van der Waals surface area contributed by atoms with Crippen LogP contribution in [-0.4, -0.2) is 56.8 Å². The van der Waals surface area contributed by atoms with Crippen LogP contribution in [0.5, 0.6) is 17.2 Å². The molecule has 4 rings (SSSR count).